The van der Waals surface area contributed by atoms with Crippen LogP contribution in [0.25, 0.3) is 0 Å². The molecule has 122 valence electrons. The van der Waals surface area contributed by atoms with Gasteiger partial charge in [0.25, 0.3) is 10.0 Å². The number of nitrogens with one attached hydrogen (secondary N) is 2. The van der Waals surface area contributed by atoms with E-state index in [1.54, 1.807) is 0 Å². The van der Waals surface area contributed by atoms with Gasteiger partial charge in [0.1, 0.15) is 11.6 Å². The lowest BCUT2D eigenvalue weighted by molar-refractivity contribution is -0.114. The summed E-state index contributed by atoms with van der Waals surface area (Å²) in [5, 5.41) is 2.50. The van der Waals surface area contributed by atoms with Crippen LogP contribution >= 0.6 is 0 Å². The minimum Gasteiger partial charge on any atom is -0.495 e. The van der Waals surface area contributed by atoms with E-state index in [0.717, 1.165) is 12.1 Å². The second-order valence-corrected chi connectivity index (χ2v) is 6.34. The van der Waals surface area contributed by atoms with E-state index in [4.69, 9.17) is 4.74 Å². The maximum Gasteiger partial charge on any atom is 0.261 e. The Labute approximate surface area is 133 Å². The molecule has 2 aromatic carbocycles. The zero-order chi connectivity index (χ0) is 17.0. The number of benzene rings is 2. The quantitative estimate of drug-likeness (QED) is 0.877. The van der Waals surface area contributed by atoms with E-state index in [0.29, 0.717) is 5.75 Å². The van der Waals surface area contributed by atoms with E-state index in [9.17, 15) is 17.6 Å². The number of methoxy groups -OCH3 is 1. The summed E-state index contributed by atoms with van der Waals surface area (Å²) < 4.78 is 45.0. The van der Waals surface area contributed by atoms with Crippen LogP contribution in [0.2, 0.25) is 0 Å². The molecular formula is C15H15FN2O4S. The van der Waals surface area contributed by atoms with E-state index >= 15 is 0 Å². The Morgan fingerprint density at radius 2 is 1.78 bits per heavy atom. The van der Waals surface area contributed by atoms with Gasteiger partial charge in [0.15, 0.2) is 0 Å². The van der Waals surface area contributed by atoms with Crippen molar-refractivity contribution in [3.63, 3.8) is 0 Å². The molecule has 2 rings (SSSR count). The maximum atomic E-state index is 12.9. The third kappa shape index (κ3) is 4.19. The lowest BCUT2D eigenvalue weighted by atomic mass is 10.3. The minimum absolute atomic E-state index is 0.0635. The standard InChI is InChI=1S/C15H15FN2O4S/c1-10(19)17-14-9-13(7-8-15(14)22-2)23(20,21)18-12-5-3-11(16)4-6-12/h3-9,18H,1-2H3,(H,17,19). The predicted molar refractivity (Wildman–Crippen MR) is 84.5 cm³/mol. The molecule has 0 aliphatic rings. The Balaban J connectivity index is 2.35. The van der Waals surface area contributed by atoms with Crippen molar-refractivity contribution in [1.82, 2.24) is 0 Å². The van der Waals surface area contributed by atoms with Crippen LogP contribution in [0.3, 0.4) is 0 Å². The number of anilines is 2. The molecule has 1 amide bonds. The van der Waals surface area contributed by atoms with Crippen molar-refractivity contribution >= 4 is 27.3 Å². The first-order valence-electron chi connectivity index (χ1n) is 6.56. The fourth-order valence-corrected chi connectivity index (χ4v) is 2.96. The summed E-state index contributed by atoms with van der Waals surface area (Å²) in [6.45, 7) is 1.30. The number of hydrogen-bond acceptors (Lipinski definition) is 4. The van der Waals surface area contributed by atoms with Crippen molar-refractivity contribution < 1.29 is 22.3 Å². The van der Waals surface area contributed by atoms with E-state index in [1.165, 1.54) is 44.4 Å². The molecule has 0 saturated heterocycles. The van der Waals surface area contributed by atoms with Gasteiger partial charge in [0, 0.05) is 12.6 Å². The van der Waals surface area contributed by atoms with Crippen molar-refractivity contribution in [2.24, 2.45) is 0 Å². The van der Waals surface area contributed by atoms with Crippen molar-refractivity contribution in [3.8, 4) is 5.75 Å². The van der Waals surface area contributed by atoms with Gasteiger partial charge < -0.3 is 10.1 Å². The number of carbonyl (C=O) groups is 1. The van der Waals surface area contributed by atoms with Gasteiger partial charge in [-0.2, -0.15) is 0 Å². The SMILES string of the molecule is COc1ccc(S(=O)(=O)Nc2ccc(F)cc2)cc1NC(C)=O. The molecule has 0 atom stereocenters. The lowest BCUT2D eigenvalue weighted by Crippen LogP contribution is -2.14. The van der Waals surface area contributed by atoms with Crippen LogP contribution in [-0.2, 0) is 14.8 Å². The van der Waals surface area contributed by atoms with Gasteiger partial charge in [-0.25, -0.2) is 12.8 Å². The molecule has 2 N–H and O–H groups in total. The van der Waals surface area contributed by atoms with Crippen LogP contribution in [-0.4, -0.2) is 21.4 Å². The summed E-state index contributed by atoms with van der Waals surface area (Å²) in [6.07, 6.45) is 0. The highest BCUT2D eigenvalue weighted by molar-refractivity contribution is 7.92. The fourth-order valence-electron chi connectivity index (χ4n) is 1.87. The van der Waals surface area contributed by atoms with Crippen LogP contribution in [0.4, 0.5) is 15.8 Å². The second-order valence-electron chi connectivity index (χ2n) is 4.66. The molecule has 23 heavy (non-hydrogen) atoms. The molecule has 6 nitrogen and oxygen atoms in total. The van der Waals surface area contributed by atoms with Crippen molar-refractivity contribution in [2.75, 3.05) is 17.1 Å². The Morgan fingerprint density at radius 3 is 2.35 bits per heavy atom. The molecule has 0 spiro atoms. The van der Waals surface area contributed by atoms with Gasteiger partial charge >= 0.3 is 0 Å². The fraction of sp³-hybridized carbons (Fsp3) is 0.133. The third-order valence-electron chi connectivity index (χ3n) is 2.89. The largest absolute Gasteiger partial charge is 0.495 e. The Bertz CT molecular complexity index is 820. The van der Waals surface area contributed by atoms with Gasteiger partial charge in [-0.05, 0) is 42.5 Å². The van der Waals surface area contributed by atoms with E-state index in [-0.39, 0.29) is 22.2 Å². The number of hydrogen-bond donors (Lipinski definition) is 2. The molecular weight excluding hydrogens is 323 g/mol. The summed E-state index contributed by atoms with van der Waals surface area (Å²) in [5.41, 5.74) is 0.463. The predicted octanol–water partition coefficient (Wildman–Crippen LogP) is 2.59. The summed E-state index contributed by atoms with van der Waals surface area (Å²) in [5.74, 6) is -0.490. The number of sulfonamides is 1. The first kappa shape index (κ1) is 16.8. The smallest absolute Gasteiger partial charge is 0.261 e. The Kier molecular flexibility index (Phi) is 4.85. The van der Waals surface area contributed by atoms with Gasteiger partial charge in [-0.3, -0.25) is 9.52 Å². The third-order valence-corrected chi connectivity index (χ3v) is 4.27. The van der Waals surface area contributed by atoms with Crippen LogP contribution < -0.4 is 14.8 Å². The monoisotopic (exact) mass is 338 g/mol. The van der Waals surface area contributed by atoms with Gasteiger partial charge in [-0.1, -0.05) is 0 Å². The second kappa shape index (κ2) is 6.66. The Morgan fingerprint density at radius 1 is 1.13 bits per heavy atom. The minimum atomic E-state index is -3.89. The number of carbonyl (C=O) groups excluding carboxylic acids is 1. The van der Waals surface area contributed by atoms with Crippen LogP contribution in [0, 0.1) is 5.82 Å². The first-order valence-corrected chi connectivity index (χ1v) is 8.04. The van der Waals surface area contributed by atoms with E-state index < -0.39 is 15.8 Å². The van der Waals surface area contributed by atoms with Crippen molar-refractivity contribution in [2.45, 2.75) is 11.8 Å². The topological polar surface area (TPSA) is 84.5 Å². The molecule has 0 bridgehead atoms. The molecule has 8 heteroatoms. The summed E-state index contributed by atoms with van der Waals surface area (Å²) >= 11 is 0. The van der Waals surface area contributed by atoms with Gasteiger partial charge in [-0.15, -0.1) is 0 Å². The van der Waals surface area contributed by atoms with Gasteiger partial charge in [0.2, 0.25) is 5.91 Å². The molecule has 0 aromatic heterocycles. The highest BCUT2D eigenvalue weighted by Gasteiger charge is 2.17. The molecule has 0 heterocycles. The molecule has 0 radical (unpaired) electrons. The average Bonchev–Trinajstić information content (AvgIpc) is 2.49. The molecule has 0 unspecified atom stereocenters. The maximum absolute atomic E-state index is 12.9. The highest BCUT2D eigenvalue weighted by atomic mass is 32.2. The Hall–Kier alpha value is -2.61. The number of halogens is 1. The lowest BCUT2D eigenvalue weighted by Gasteiger charge is -2.12. The molecule has 0 aliphatic carbocycles. The first-order chi connectivity index (χ1) is 10.8. The normalized spacial score (nSPS) is 10.9. The zero-order valence-corrected chi connectivity index (χ0v) is 13.3. The average molecular weight is 338 g/mol. The summed E-state index contributed by atoms with van der Waals surface area (Å²) in [7, 11) is -2.48. The molecule has 0 saturated carbocycles. The van der Waals surface area contributed by atoms with Crippen molar-refractivity contribution in [1.29, 1.82) is 0 Å². The highest BCUT2D eigenvalue weighted by Crippen LogP contribution is 2.28. The van der Waals surface area contributed by atoms with Crippen molar-refractivity contribution in [3.05, 3.63) is 48.3 Å². The molecule has 0 aliphatic heterocycles. The van der Waals surface area contributed by atoms with Gasteiger partial charge in [0.05, 0.1) is 17.7 Å². The molecule has 0 fully saturated rings. The van der Waals surface area contributed by atoms with Crippen LogP contribution in [0.1, 0.15) is 6.92 Å². The van der Waals surface area contributed by atoms with E-state index in [1.807, 2.05) is 0 Å². The van der Waals surface area contributed by atoms with Crippen LogP contribution in [0.15, 0.2) is 47.4 Å². The summed E-state index contributed by atoms with van der Waals surface area (Å²) in [6, 6.07) is 8.98. The van der Waals surface area contributed by atoms with Crippen LogP contribution in [0.5, 0.6) is 5.75 Å². The number of ether oxygens (including phenoxy) is 1. The van der Waals surface area contributed by atoms with E-state index in [2.05, 4.69) is 10.0 Å². The molecule has 2 aromatic rings. The number of amides is 1. The number of rotatable bonds is 5. The zero-order valence-electron chi connectivity index (χ0n) is 12.5. The summed E-state index contributed by atoms with van der Waals surface area (Å²) in [4.78, 5) is 11.1.